The topological polar surface area (TPSA) is 64.0 Å². The molecular formula is C17H17N3O. The van der Waals surface area contributed by atoms with Crippen molar-refractivity contribution < 1.29 is 4.74 Å². The van der Waals surface area contributed by atoms with Crippen LogP contribution in [0.3, 0.4) is 0 Å². The van der Waals surface area contributed by atoms with Gasteiger partial charge in [-0.2, -0.15) is 0 Å². The first-order chi connectivity index (χ1) is 10.2. The quantitative estimate of drug-likeness (QED) is 0.569. The molecule has 0 spiro atoms. The average Bonchev–Trinajstić information content (AvgIpc) is 2.90. The van der Waals surface area contributed by atoms with Crippen molar-refractivity contribution in [1.29, 1.82) is 5.41 Å². The fourth-order valence-corrected chi connectivity index (χ4v) is 2.42. The maximum atomic E-state index is 7.55. The summed E-state index contributed by atoms with van der Waals surface area (Å²) < 4.78 is 7.33. The first kappa shape index (κ1) is 13.2. The number of benzene rings is 2. The van der Waals surface area contributed by atoms with Crippen LogP contribution in [0.5, 0.6) is 5.75 Å². The molecule has 1 heterocycles. The molecule has 4 heteroatoms. The molecule has 0 atom stereocenters. The van der Waals surface area contributed by atoms with Crippen LogP contribution in [-0.4, -0.2) is 17.5 Å². The summed E-state index contributed by atoms with van der Waals surface area (Å²) in [6, 6.07) is 15.9. The molecule has 0 aliphatic rings. The molecule has 0 fully saturated rings. The molecule has 0 saturated carbocycles. The number of amidine groups is 1. The van der Waals surface area contributed by atoms with E-state index in [9.17, 15) is 0 Å². The van der Waals surface area contributed by atoms with E-state index in [1.807, 2.05) is 30.3 Å². The highest BCUT2D eigenvalue weighted by atomic mass is 16.5. The minimum absolute atomic E-state index is 0.0918. The fraction of sp³-hybridized carbons (Fsp3) is 0.118. The SMILES string of the molecule is COc1ccc(Cn2ccc3ccc(C(=N)N)cc32)cc1. The van der Waals surface area contributed by atoms with Crippen LogP contribution in [0.2, 0.25) is 0 Å². The van der Waals surface area contributed by atoms with Crippen LogP contribution in [0.15, 0.2) is 54.7 Å². The summed E-state index contributed by atoms with van der Waals surface area (Å²) in [5.41, 5.74) is 8.59. The van der Waals surface area contributed by atoms with Crippen molar-refractivity contribution in [2.24, 2.45) is 5.73 Å². The lowest BCUT2D eigenvalue weighted by atomic mass is 10.1. The van der Waals surface area contributed by atoms with Gasteiger partial charge in [-0.1, -0.05) is 24.3 Å². The fourth-order valence-electron chi connectivity index (χ4n) is 2.42. The first-order valence-electron chi connectivity index (χ1n) is 6.73. The predicted molar refractivity (Wildman–Crippen MR) is 85.1 cm³/mol. The molecule has 3 N–H and O–H groups in total. The van der Waals surface area contributed by atoms with E-state index in [1.165, 1.54) is 5.56 Å². The van der Waals surface area contributed by atoms with Crippen molar-refractivity contribution in [1.82, 2.24) is 4.57 Å². The molecule has 21 heavy (non-hydrogen) atoms. The molecule has 1 aromatic heterocycles. The van der Waals surface area contributed by atoms with E-state index in [4.69, 9.17) is 15.9 Å². The number of methoxy groups -OCH3 is 1. The molecule has 106 valence electrons. The summed E-state index contributed by atoms with van der Waals surface area (Å²) in [7, 11) is 1.66. The van der Waals surface area contributed by atoms with Crippen LogP contribution in [-0.2, 0) is 6.54 Å². The lowest BCUT2D eigenvalue weighted by Gasteiger charge is -2.08. The van der Waals surface area contributed by atoms with Crippen molar-refractivity contribution in [3.63, 3.8) is 0 Å². The van der Waals surface area contributed by atoms with Gasteiger partial charge in [-0.3, -0.25) is 5.41 Å². The van der Waals surface area contributed by atoms with Crippen LogP contribution >= 0.6 is 0 Å². The van der Waals surface area contributed by atoms with Gasteiger partial charge < -0.3 is 15.0 Å². The lowest BCUT2D eigenvalue weighted by Crippen LogP contribution is -2.10. The second-order valence-corrected chi connectivity index (χ2v) is 4.98. The molecule has 3 aromatic rings. The van der Waals surface area contributed by atoms with Crippen molar-refractivity contribution in [2.45, 2.75) is 6.54 Å². The molecular weight excluding hydrogens is 262 g/mol. The summed E-state index contributed by atoms with van der Waals surface area (Å²) in [5.74, 6) is 0.948. The third-order valence-corrected chi connectivity index (χ3v) is 3.60. The van der Waals surface area contributed by atoms with Gasteiger partial charge in [0.25, 0.3) is 0 Å². The molecule has 0 bridgehead atoms. The van der Waals surface area contributed by atoms with Gasteiger partial charge in [0.1, 0.15) is 11.6 Å². The molecule has 0 saturated heterocycles. The Morgan fingerprint density at radius 3 is 2.57 bits per heavy atom. The lowest BCUT2D eigenvalue weighted by molar-refractivity contribution is 0.414. The smallest absolute Gasteiger partial charge is 0.122 e. The average molecular weight is 279 g/mol. The molecule has 0 aliphatic carbocycles. The highest BCUT2D eigenvalue weighted by molar-refractivity contribution is 5.98. The number of aromatic nitrogens is 1. The van der Waals surface area contributed by atoms with Crippen molar-refractivity contribution in [3.8, 4) is 5.75 Å². The van der Waals surface area contributed by atoms with Crippen LogP contribution in [0, 0.1) is 5.41 Å². The van der Waals surface area contributed by atoms with E-state index in [0.717, 1.165) is 28.8 Å². The number of nitrogen functional groups attached to an aromatic ring is 1. The zero-order valence-corrected chi connectivity index (χ0v) is 11.8. The van der Waals surface area contributed by atoms with Crippen LogP contribution in [0.4, 0.5) is 0 Å². The molecule has 2 aromatic carbocycles. The predicted octanol–water partition coefficient (Wildman–Crippen LogP) is 2.98. The van der Waals surface area contributed by atoms with Gasteiger partial charge in [0.15, 0.2) is 0 Å². The number of hydrogen-bond donors (Lipinski definition) is 2. The second-order valence-electron chi connectivity index (χ2n) is 4.98. The monoisotopic (exact) mass is 279 g/mol. The Hall–Kier alpha value is -2.75. The Morgan fingerprint density at radius 1 is 1.14 bits per heavy atom. The number of ether oxygens (including phenoxy) is 1. The van der Waals surface area contributed by atoms with Gasteiger partial charge in [0, 0.05) is 23.8 Å². The normalized spacial score (nSPS) is 10.7. The van der Waals surface area contributed by atoms with Gasteiger partial charge in [0.05, 0.1) is 7.11 Å². The summed E-state index contributed by atoms with van der Waals surface area (Å²) in [5, 5.41) is 8.70. The van der Waals surface area contributed by atoms with Gasteiger partial charge in [-0.25, -0.2) is 0 Å². The number of hydrogen-bond acceptors (Lipinski definition) is 2. The standard InChI is InChI=1S/C17H17N3O/c1-21-15-6-2-12(3-7-15)11-20-9-8-13-4-5-14(17(18)19)10-16(13)20/h2-10H,11H2,1H3,(H3,18,19). The number of nitrogens with zero attached hydrogens (tertiary/aromatic N) is 1. The first-order valence-corrected chi connectivity index (χ1v) is 6.73. The molecule has 0 unspecified atom stereocenters. The number of nitrogens with two attached hydrogens (primary N) is 1. The summed E-state index contributed by atoms with van der Waals surface area (Å²) >= 11 is 0. The van der Waals surface area contributed by atoms with Crippen molar-refractivity contribution in [3.05, 3.63) is 65.9 Å². The van der Waals surface area contributed by atoms with E-state index in [1.54, 1.807) is 7.11 Å². The molecule has 0 radical (unpaired) electrons. The van der Waals surface area contributed by atoms with E-state index < -0.39 is 0 Å². The Labute approximate surface area is 123 Å². The third kappa shape index (κ3) is 2.60. The Balaban J connectivity index is 1.95. The molecule has 0 aliphatic heterocycles. The minimum atomic E-state index is 0.0918. The zero-order chi connectivity index (χ0) is 14.8. The van der Waals surface area contributed by atoms with E-state index in [-0.39, 0.29) is 5.84 Å². The van der Waals surface area contributed by atoms with Gasteiger partial charge in [0.2, 0.25) is 0 Å². The van der Waals surface area contributed by atoms with Crippen molar-refractivity contribution in [2.75, 3.05) is 7.11 Å². The molecule has 0 amide bonds. The van der Waals surface area contributed by atoms with Crippen LogP contribution < -0.4 is 10.5 Å². The Bertz CT molecular complexity index is 787. The Kier molecular flexibility index (Phi) is 3.36. The van der Waals surface area contributed by atoms with Crippen LogP contribution in [0.25, 0.3) is 10.9 Å². The van der Waals surface area contributed by atoms with E-state index >= 15 is 0 Å². The summed E-state index contributed by atoms with van der Waals surface area (Å²) in [6.45, 7) is 0.773. The van der Waals surface area contributed by atoms with Crippen LogP contribution in [0.1, 0.15) is 11.1 Å². The minimum Gasteiger partial charge on any atom is -0.497 e. The molecule has 4 nitrogen and oxygen atoms in total. The largest absolute Gasteiger partial charge is 0.497 e. The number of fused-ring (bicyclic) bond motifs is 1. The van der Waals surface area contributed by atoms with Gasteiger partial charge in [-0.15, -0.1) is 0 Å². The Morgan fingerprint density at radius 2 is 1.90 bits per heavy atom. The van der Waals surface area contributed by atoms with Gasteiger partial charge in [-0.05, 0) is 35.2 Å². The zero-order valence-electron chi connectivity index (χ0n) is 11.8. The highest BCUT2D eigenvalue weighted by Crippen LogP contribution is 2.20. The second kappa shape index (κ2) is 5.32. The van der Waals surface area contributed by atoms with E-state index in [2.05, 4.69) is 29.0 Å². The highest BCUT2D eigenvalue weighted by Gasteiger charge is 2.05. The maximum Gasteiger partial charge on any atom is 0.122 e. The third-order valence-electron chi connectivity index (χ3n) is 3.60. The number of nitrogens with one attached hydrogen (secondary N) is 1. The maximum absolute atomic E-state index is 7.55. The summed E-state index contributed by atoms with van der Waals surface area (Å²) in [6.07, 6.45) is 2.05. The van der Waals surface area contributed by atoms with E-state index in [0.29, 0.717) is 0 Å². The summed E-state index contributed by atoms with van der Waals surface area (Å²) in [4.78, 5) is 0. The number of rotatable bonds is 4. The van der Waals surface area contributed by atoms with Crippen molar-refractivity contribution >= 4 is 16.7 Å². The van der Waals surface area contributed by atoms with Gasteiger partial charge >= 0.3 is 0 Å². The molecule has 3 rings (SSSR count).